The lowest BCUT2D eigenvalue weighted by molar-refractivity contribution is -0.116. The van der Waals surface area contributed by atoms with E-state index in [1.807, 2.05) is 6.07 Å². The van der Waals surface area contributed by atoms with Gasteiger partial charge in [-0.15, -0.1) is 10.2 Å². The first kappa shape index (κ1) is 15.4. The molecule has 0 saturated heterocycles. The number of rotatable bonds is 6. The van der Waals surface area contributed by atoms with Crippen molar-refractivity contribution in [3.8, 4) is 6.07 Å². The van der Waals surface area contributed by atoms with Gasteiger partial charge < -0.3 is 4.90 Å². The number of benzene rings is 1. The number of nitriles is 1. The molecule has 0 aliphatic heterocycles. The molecule has 2 rings (SSSR count). The van der Waals surface area contributed by atoms with Gasteiger partial charge in [0.25, 0.3) is 0 Å². The monoisotopic (exact) mass is 322 g/mol. The van der Waals surface area contributed by atoms with Crippen LogP contribution in [0.4, 0.5) is 10.1 Å². The lowest BCUT2D eigenvalue weighted by atomic mass is 10.2. The van der Waals surface area contributed by atoms with E-state index in [0.717, 1.165) is 0 Å². The fraction of sp³-hybridized carbons (Fsp3) is 0.231. The summed E-state index contributed by atoms with van der Waals surface area (Å²) in [6, 6.07) is 8.00. The van der Waals surface area contributed by atoms with Crippen LogP contribution in [0, 0.1) is 17.1 Å². The van der Waals surface area contributed by atoms with Crippen LogP contribution in [0.1, 0.15) is 6.42 Å². The maximum Gasteiger partial charge on any atom is 0.237 e. The summed E-state index contributed by atoms with van der Waals surface area (Å²) in [7, 11) is 0. The molecule has 0 atom stereocenters. The molecule has 1 heterocycles. The normalized spacial score (nSPS) is 10.1. The summed E-state index contributed by atoms with van der Waals surface area (Å²) >= 11 is 2.58. The third-order valence-corrected chi connectivity index (χ3v) is 4.40. The molecule has 0 N–H and O–H groups in total. The molecule has 21 heavy (non-hydrogen) atoms. The number of anilines is 1. The zero-order chi connectivity index (χ0) is 15.1. The molecule has 0 unspecified atom stereocenters. The van der Waals surface area contributed by atoms with Gasteiger partial charge in [-0.3, -0.25) is 4.79 Å². The van der Waals surface area contributed by atoms with Crippen LogP contribution in [0.25, 0.3) is 0 Å². The lowest BCUT2D eigenvalue weighted by Gasteiger charge is -2.21. The molecule has 108 valence electrons. The molecular weight excluding hydrogens is 311 g/mol. The van der Waals surface area contributed by atoms with Crippen molar-refractivity contribution in [1.29, 1.82) is 5.26 Å². The summed E-state index contributed by atoms with van der Waals surface area (Å²) < 4.78 is 14.5. The van der Waals surface area contributed by atoms with Crippen molar-refractivity contribution in [2.75, 3.05) is 17.2 Å². The third-order valence-electron chi connectivity index (χ3n) is 2.55. The molecule has 0 bridgehead atoms. The first-order chi connectivity index (χ1) is 10.2. The van der Waals surface area contributed by atoms with Crippen LogP contribution in [-0.2, 0) is 4.79 Å². The van der Waals surface area contributed by atoms with Crippen molar-refractivity contribution < 1.29 is 9.18 Å². The van der Waals surface area contributed by atoms with Gasteiger partial charge in [-0.1, -0.05) is 35.2 Å². The number of para-hydroxylation sites is 1. The molecule has 0 aliphatic carbocycles. The second-order valence-corrected chi connectivity index (χ2v) is 5.95. The topological polar surface area (TPSA) is 69.9 Å². The van der Waals surface area contributed by atoms with Crippen LogP contribution in [0.5, 0.6) is 0 Å². The molecule has 1 aromatic heterocycles. The quantitative estimate of drug-likeness (QED) is 0.765. The predicted octanol–water partition coefficient (Wildman–Crippen LogP) is 2.72. The van der Waals surface area contributed by atoms with Crippen LogP contribution < -0.4 is 4.90 Å². The number of hydrogen-bond acceptors (Lipinski definition) is 6. The number of hydrogen-bond donors (Lipinski definition) is 0. The minimum atomic E-state index is -0.482. The molecular formula is C13H11FN4OS2. The van der Waals surface area contributed by atoms with Gasteiger partial charge >= 0.3 is 0 Å². The Morgan fingerprint density at radius 1 is 1.48 bits per heavy atom. The number of aromatic nitrogens is 2. The fourth-order valence-electron chi connectivity index (χ4n) is 1.64. The van der Waals surface area contributed by atoms with E-state index in [1.54, 1.807) is 17.6 Å². The lowest BCUT2D eigenvalue weighted by Crippen LogP contribution is -2.34. The Morgan fingerprint density at radius 2 is 2.29 bits per heavy atom. The molecule has 0 aliphatic rings. The van der Waals surface area contributed by atoms with E-state index >= 15 is 0 Å². The van der Waals surface area contributed by atoms with Gasteiger partial charge in [-0.05, 0) is 12.1 Å². The molecule has 0 saturated carbocycles. The Kier molecular flexibility index (Phi) is 5.66. The van der Waals surface area contributed by atoms with Crippen LogP contribution in [-0.4, -0.2) is 28.4 Å². The van der Waals surface area contributed by atoms with Crippen molar-refractivity contribution in [2.24, 2.45) is 0 Å². The van der Waals surface area contributed by atoms with Crippen LogP contribution in [0.2, 0.25) is 0 Å². The van der Waals surface area contributed by atoms with Gasteiger partial charge in [0.2, 0.25) is 5.91 Å². The van der Waals surface area contributed by atoms with E-state index in [1.165, 1.54) is 40.1 Å². The van der Waals surface area contributed by atoms with Crippen molar-refractivity contribution in [3.63, 3.8) is 0 Å². The molecule has 0 radical (unpaired) electrons. The Bertz CT molecular complexity index is 642. The van der Waals surface area contributed by atoms with Gasteiger partial charge in [0.15, 0.2) is 4.34 Å². The highest BCUT2D eigenvalue weighted by molar-refractivity contribution is 8.01. The van der Waals surface area contributed by atoms with Crippen LogP contribution in [0.15, 0.2) is 34.1 Å². The number of nitrogens with zero attached hydrogens (tertiary/aromatic N) is 4. The van der Waals surface area contributed by atoms with Crippen molar-refractivity contribution in [3.05, 3.63) is 35.6 Å². The minimum Gasteiger partial charge on any atom is -0.308 e. The summed E-state index contributed by atoms with van der Waals surface area (Å²) in [6.07, 6.45) is 0.142. The number of carbonyl (C=O) groups excluding carboxylic acids is 1. The molecule has 0 fully saturated rings. The van der Waals surface area contributed by atoms with Gasteiger partial charge in [0.05, 0.1) is 23.9 Å². The van der Waals surface area contributed by atoms with Crippen molar-refractivity contribution >= 4 is 34.7 Å². The summed E-state index contributed by atoms with van der Waals surface area (Å²) in [5, 5.41) is 16.2. The molecule has 1 aromatic carbocycles. The minimum absolute atomic E-state index is 0.120. The van der Waals surface area contributed by atoms with E-state index in [4.69, 9.17) is 5.26 Å². The number of halogens is 1. The Hall–Kier alpha value is -1.98. The molecule has 0 spiro atoms. The highest BCUT2D eigenvalue weighted by atomic mass is 32.2. The van der Waals surface area contributed by atoms with E-state index in [0.29, 0.717) is 4.34 Å². The van der Waals surface area contributed by atoms with E-state index in [2.05, 4.69) is 10.2 Å². The largest absolute Gasteiger partial charge is 0.308 e. The second kappa shape index (κ2) is 7.71. The predicted molar refractivity (Wildman–Crippen MR) is 79.6 cm³/mol. The zero-order valence-corrected chi connectivity index (χ0v) is 12.5. The van der Waals surface area contributed by atoms with Crippen molar-refractivity contribution in [1.82, 2.24) is 10.2 Å². The maximum atomic E-state index is 13.8. The highest BCUT2D eigenvalue weighted by Crippen LogP contribution is 2.23. The summed E-state index contributed by atoms with van der Waals surface area (Å²) in [4.78, 5) is 13.6. The van der Waals surface area contributed by atoms with Gasteiger partial charge in [0.1, 0.15) is 11.3 Å². The second-order valence-electron chi connectivity index (χ2n) is 3.90. The van der Waals surface area contributed by atoms with Crippen molar-refractivity contribution in [2.45, 2.75) is 10.8 Å². The fourth-order valence-corrected chi connectivity index (χ4v) is 3.00. The summed E-state index contributed by atoms with van der Waals surface area (Å²) in [5.41, 5.74) is 1.77. The first-order valence-electron chi connectivity index (χ1n) is 6.03. The van der Waals surface area contributed by atoms with Crippen LogP contribution >= 0.6 is 23.1 Å². The number of amides is 1. The zero-order valence-electron chi connectivity index (χ0n) is 10.9. The SMILES string of the molecule is N#CCCN(C(=O)CSc1nncs1)c1ccccc1F. The standard InChI is InChI=1S/C13H11FN4OS2/c14-10-4-1-2-5-11(10)18(7-3-6-15)12(19)8-20-13-17-16-9-21-13/h1-2,4-5,9H,3,7-8H2. The molecule has 5 nitrogen and oxygen atoms in total. The molecule has 2 aromatic rings. The third kappa shape index (κ3) is 4.24. The Balaban J connectivity index is 2.10. The van der Waals surface area contributed by atoms with E-state index in [9.17, 15) is 9.18 Å². The van der Waals surface area contributed by atoms with E-state index in [-0.39, 0.29) is 30.3 Å². The number of thioether (sulfide) groups is 1. The number of carbonyl (C=O) groups is 1. The Morgan fingerprint density at radius 3 is 2.95 bits per heavy atom. The summed E-state index contributed by atoms with van der Waals surface area (Å²) in [5.74, 6) is -0.630. The van der Waals surface area contributed by atoms with E-state index < -0.39 is 5.82 Å². The first-order valence-corrected chi connectivity index (χ1v) is 7.89. The van der Waals surface area contributed by atoms with Crippen LogP contribution in [0.3, 0.4) is 0 Å². The molecule has 1 amide bonds. The van der Waals surface area contributed by atoms with Gasteiger partial charge in [-0.25, -0.2) is 4.39 Å². The molecule has 8 heteroatoms. The summed E-state index contributed by atoms with van der Waals surface area (Å²) in [6.45, 7) is 0.160. The van der Waals surface area contributed by atoms with Gasteiger partial charge in [0, 0.05) is 6.54 Å². The maximum absolute atomic E-state index is 13.8. The van der Waals surface area contributed by atoms with Gasteiger partial charge in [-0.2, -0.15) is 5.26 Å². The average Bonchev–Trinajstić information content (AvgIpc) is 3.00. The average molecular weight is 322 g/mol. The smallest absolute Gasteiger partial charge is 0.237 e. The highest BCUT2D eigenvalue weighted by Gasteiger charge is 2.19. The Labute approximate surface area is 129 Å².